The molecule has 4 aromatic rings. The first-order valence-corrected chi connectivity index (χ1v) is 10.7. The first-order chi connectivity index (χ1) is 16.4. The van der Waals surface area contributed by atoms with Gasteiger partial charge in [-0.1, -0.05) is 25.8 Å². The van der Waals surface area contributed by atoms with Crippen LogP contribution in [0.2, 0.25) is 0 Å². The van der Waals surface area contributed by atoms with Gasteiger partial charge in [-0.15, -0.1) is 0 Å². The Bertz CT molecular complexity index is 1590. The maximum atomic E-state index is 13.1. The smallest absolute Gasteiger partial charge is 0.279 e. The number of aromatic nitrogens is 3. The predicted molar refractivity (Wildman–Crippen MR) is 124 cm³/mol. The molecular weight excluding hydrogens is 436 g/mol. The highest BCUT2D eigenvalue weighted by Gasteiger charge is 2.16. The summed E-state index contributed by atoms with van der Waals surface area (Å²) in [5.41, 5.74) is 0.598. The van der Waals surface area contributed by atoms with Gasteiger partial charge in [-0.05, 0) is 36.8 Å². The van der Waals surface area contributed by atoms with Crippen molar-refractivity contribution < 1.29 is 9.72 Å². The number of benzene rings is 1. The van der Waals surface area contributed by atoms with Gasteiger partial charge in [0.05, 0.1) is 15.9 Å². The molecule has 0 saturated carbocycles. The molecule has 0 fully saturated rings. The highest BCUT2D eigenvalue weighted by molar-refractivity contribution is 5.95. The van der Waals surface area contributed by atoms with E-state index in [1.165, 1.54) is 34.7 Å². The third-order valence-corrected chi connectivity index (χ3v) is 5.43. The summed E-state index contributed by atoms with van der Waals surface area (Å²) < 4.78 is 3.04. The molecule has 4 rings (SSSR count). The largest absolute Gasteiger partial charge is 0.309 e. The molecule has 170 valence electrons. The second-order valence-electron chi connectivity index (χ2n) is 7.66. The standard InChI is InChI=1S/C24H20N6O4/c1-2-3-5-13-29-21(27-23(31)16-8-10-18(11-9-16)30(33)34)17(15-25)14-19-22(29)26-20-7-4-6-12-28(20)24(19)32/h4,6-12,14H,2-3,5,13H2,1H3. The van der Waals surface area contributed by atoms with Crippen LogP contribution in [0.15, 0.2) is 64.5 Å². The molecule has 0 aliphatic carbocycles. The summed E-state index contributed by atoms with van der Waals surface area (Å²) >= 11 is 0. The molecule has 0 spiro atoms. The highest BCUT2D eigenvalue weighted by atomic mass is 16.6. The monoisotopic (exact) mass is 456 g/mol. The Balaban J connectivity index is 1.98. The maximum Gasteiger partial charge on any atom is 0.279 e. The molecule has 1 aromatic carbocycles. The van der Waals surface area contributed by atoms with Crippen LogP contribution in [0.3, 0.4) is 0 Å². The van der Waals surface area contributed by atoms with Crippen LogP contribution in [0.4, 0.5) is 5.69 Å². The van der Waals surface area contributed by atoms with Gasteiger partial charge in [0.1, 0.15) is 17.4 Å². The molecule has 0 saturated heterocycles. The Morgan fingerprint density at radius 1 is 1.21 bits per heavy atom. The van der Waals surface area contributed by atoms with Gasteiger partial charge in [-0.3, -0.25) is 24.1 Å². The lowest BCUT2D eigenvalue weighted by Crippen LogP contribution is -2.29. The van der Waals surface area contributed by atoms with Gasteiger partial charge >= 0.3 is 0 Å². The lowest BCUT2D eigenvalue weighted by atomic mass is 10.2. The van der Waals surface area contributed by atoms with Crippen LogP contribution in [-0.2, 0) is 6.54 Å². The maximum absolute atomic E-state index is 13.1. The average Bonchev–Trinajstić information content (AvgIpc) is 2.85. The number of unbranched alkanes of at least 4 members (excludes halogenated alkanes) is 2. The van der Waals surface area contributed by atoms with Crippen LogP contribution in [-0.4, -0.2) is 24.8 Å². The molecule has 0 aliphatic heterocycles. The van der Waals surface area contributed by atoms with Crippen LogP contribution in [0.5, 0.6) is 0 Å². The Morgan fingerprint density at radius 3 is 2.65 bits per heavy atom. The number of pyridine rings is 2. The Hall–Kier alpha value is -4.65. The minimum Gasteiger partial charge on any atom is -0.309 e. The highest BCUT2D eigenvalue weighted by Crippen LogP contribution is 2.14. The van der Waals surface area contributed by atoms with Crippen molar-refractivity contribution in [1.29, 1.82) is 5.26 Å². The van der Waals surface area contributed by atoms with E-state index >= 15 is 0 Å². The van der Waals surface area contributed by atoms with E-state index in [1.54, 1.807) is 29.0 Å². The van der Waals surface area contributed by atoms with E-state index in [1.807, 2.05) is 6.07 Å². The van der Waals surface area contributed by atoms with Crippen LogP contribution < -0.4 is 11.0 Å². The first-order valence-electron chi connectivity index (χ1n) is 10.7. The third kappa shape index (κ3) is 4.19. The molecule has 3 aromatic heterocycles. The van der Waals surface area contributed by atoms with Crippen molar-refractivity contribution in [3.63, 3.8) is 0 Å². The van der Waals surface area contributed by atoms with E-state index < -0.39 is 10.8 Å². The number of carbonyl (C=O) groups is 1. The number of rotatable bonds is 6. The second-order valence-corrected chi connectivity index (χ2v) is 7.66. The van der Waals surface area contributed by atoms with E-state index in [4.69, 9.17) is 0 Å². The normalized spacial score (nSPS) is 11.6. The number of nitrogens with zero attached hydrogens (tertiary/aromatic N) is 6. The summed E-state index contributed by atoms with van der Waals surface area (Å²) in [6, 6.07) is 13.7. The van der Waals surface area contributed by atoms with Gasteiger partial charge in [0.2, 0.25) is 0 Å². The summed E-state index contributed by atoms with van der Waals surface area (Å²) in [4.78, 5) is 45.2. The SMILES string of the molecule is CCCCCn1c(=NC(=O)c2ccc([N+](=O)[O-])cc2)c(C#N)cc2c(=O)n3ccccc3nc21. The molecule has 10 heteroatoms. The van der Waals surface area contributed by atoms with E-state index in [-0.39, 0.29) is 33.2 Å². The third-order valence-electron chi connectivity index (χ3n) is 5.43. The van der Waals surface area contributed by atoms with E-state index in [0.29, 0.717) is 17.8 Å². The van der Waals surface area contributed by atoms with Crippen LogP contribution >= 0.6 is 0 Å². The van der Waals surface area contributed by atoms with Gasteiger partial charge in [0.15, 0.2) is 5.49 Å². The molecule has 0 unspecified atom stereocenters. The number of nitro benzene ring substituents is 1. The van der Waals surface area contributed by atoms with Gasteiger partial charge in [0.25, 0.3) is 17.2 Å². The number of nitriles is 1. The summed E-state index contributed by atoms with van der Waals surface area (Å²) in [6.07, 6.45) is 4.18. The first kappa shape index (κ1) is 22.5. The van der Waals surface area contributed by atoms with Crippen molar-refractivity contribution in [1.82, 2.24) is 14.0 Å². The number of fused-ring (bicyclic) bond motifs is 2. The minimum atomic E-state index is -0.660. The zero-order chi connectivity index (χ0) is 24.2. The molecule has 1 amide bonds. The molecule has 0 N–H and O–H groups in total. The molecule has 0 bridgehead atoms. The molecule has 3 heterocycles. The lowest BCUT2D eigenvalue weighted by Gasteiger charge is -2.13. The summed E-state index contributed by atoms with van der Waals surface area (Å²) in [5, 5.41) is 21.0. The van der Waals surface area contributed by atoms with E-state index in [2.05, 4.69) is 16.9 Å². The van der Waals surface area contributed by atoms with Crippen LogP contribution in [0, 0.1) is 21.4 Å². The molecule has 34 heavy (non-hydrogen) atoms. The fourth-order valence-corrected chi connectivity index (χ4v) is 3.70. The second kappa shape index (κ2) is 9.46. The fourth-order valence-electron chi connectivity index (χ4n) is 3.70. The van der Waals surface area contributed by atoms with Crippen molar-refractivity contribution in [2.24, 2.45) is 4.99 Å². The number of non-ortho nitro benzene ring substituents is 1. The predicted octanol–water partition coefficient (Wildman–Crippen LogP) is 3.36. The Labute approximate surface area is 193 Å². The van der Waals surface area contributed by atoms with Crippen molar-refractivity contribution >= 4 is 28.3 Å². The number of hydrogen-bond donors (Lipinski definition) is 0. The van der Waals surface area contributed by atoms with Gasteiger partial charge in [-0.2, -0.15) is 10.3 Å². The Morgan fingerprint density at radius 2 is 1.97 bits per heavy atom. The van der Waals surface area contributed by atoms with Crippen molar-refractivity contribution in [3.05, 3.63) is 91.8 Å². The van der Waals surface area contributed by atoms with Crippen molar-refractivity contribution in [3.8, 4) is 6.07 Å². The number of amides is 1. The molecule has 0 aliphatic rings. The molecule has 0 radical (unpaired) electrons. The average molecular weight is 456 g/mol. The van der Waals surface area contributed by atoms with Gasteiger partial charge < -0.3 is 4.57 Å². The number of aryl methyl sites for hydroxylation is 1. The number of carbonyl (C=O) groups excluding carboxylic acids is 1. The summed E-state index contributed by atoms with van der Waals surface area (Å²) in [5.74, 6) is -0.660. The number of nitro groups is 1. The van der Waals surface area contributed by atoms with E-state index in [9.17, 15) is 25.0 Å². The van der Waals surface area contributed by atoms with Gasteiger partial charge in [0, 0.05) is 30.4 Å². The Kier molecular flexibility index (Phi) is 6.27. The van der Waals surface area contributed by atoms with Crippen LogP contribution in [0.25, 0.3) is 16.7 Å². The van der Waals surface area contributed by atoms with Crippen LogP contribution in [0.1, 0.15) is 42.1 Å². The molecule has 10 nitrogen and oxygen atoms in total. The van der Waals surface area contributed by atoms with Gasteiger partial charge in [-0.25, -0.2) is 4.98 Å². The van der Waals surface area contributed by atoms with Crippen molar-refractivity contribution in [2.45, 2.75) is 32.7 Å². The summed E-state index contributed by atoms with van der Waals surface area (Å²) in [7, 11) is 0. The van der Waals surface area contributed by atoms with Crippen molar-refractivity contribution in [2.75, 3.05) is 0 Å². The lowest BCUT2D eigenvalue weighted by molar-refractivity contribution is -0.384. The topological polar surface area (TPSA) is 136 Å². The molecule has 0 atom stereocenters. The zero-order valence-corrected chi connectivity index (χ0v) is 18.3. The number of hydrogen-bond acceptors (Lipinski definition) is 6. The fraction of sp³-hybridized carbons (Fsp3) is 0.208. The van der Waals surface area contributed by atoms with E-state index in [0.717, 1.165) is 19.3 Å². The molecular formula is C24H20N6O4. The zero-order valence-electron chi connectivity index (χ0n) is 18.3. The minimum absolute atomic E-state index is 0.0639. The summed E-state index contributed by atoms with van der Waals surface area (Å²) in [6.45, 7) is 2.46. The quantitative estimate of drug-likeness (QED) is 0.189.